The van der Waals surface area contributed by atoms with Crippen LogP contribution in [0.4, 0.5) is 4.39 Å². The summed E-state index contributed by atoms with van der Waals surface area (Å²) in [5.74, 6) is -0.443. The summed E-state index contributed by atoms with van der Waals surface area (Å²) in [4.78, 5) is 11.2. The summed E-state index contributed by atoms with van der Waals surface area (Å²) >= 11 is 0. The Kier molecular flexibility index (Phi) is 3.61. The summed E-state index contributed by atoms with van der Waals surface area (Å²) in [5, 5.41) is 2.70. The molecule has 1 N–H and O–H groups in total. The van der Waals surface area contributed by atoms with Crippen LogP contribution in [-0.4, -0.2) is 5.91 Å². The van der Waals surface area contributed by atoms with Gasteiger partial charge in [0.25, 0.3) is 0 Å². The Labute approximate surface area is 88.8 Å². The number of carbonyl (C=O) groups is 1. The second-order valence-electron chi connectivity index (χ2n) is 3.53. The van der Waals surface area contributed by atoms with Crippen molar-refractivity contribution >= 4 is 5.91 Å². The first-order valence-electron chi connectivity index (χ1n) is 4.69. The van der Waals surface area contributed by atoms with Crippen molar-refractivity contribution in [3.8, 4) is 0 Å². The smallest absolute Gasteiger partial charge is 0.246 e. The molecule has 15 heavy (non-hydrogen) atoms. The molecule has 1 rings (SSSR count). The van der Waals surface area contributed by atoms with Crippen molar-refractivity contribution in [1.82, 2.24) is 5.32 Å². The van der Waals surface area contributed by atoms with Crippen LogP contribution in [0.25, 0.3) is 0 Å². The predicted molar refractivity (Wildman–Crippen MR) is 57.8 cm³/mol. The average molecular weight is 207 g/mol. The largest absolute Gasteiger partial charge is 0.348 e. The summed E-state index contributed by atoms with van der Waals surface area (Å²) in [5.41, 5.74) is 2.21. The van der Waals surface area contributed by atoms with Crippen LogP contribution in [0.1, 0.15) is 18.1 Å². The molecule has 0 aliphatic carbocycles. The summed E-state index contributed by atoms with van der Waals surface area (Å²) in [6, 6.07) is 4.50. The molecule has 0 fully saturated rings. The van der Waals surface area contributed by atoms with E-state index in [2.05, 4.69) is 11.9 Å². The molecule has 0 spiro atoms. The molecule has 80 valence electrons. The number of nitrogens with one attached hydrogen (secondary N) is 1. The van der Waals surface area contributed by atoms with E-state index in [1.165, 1.54) is 12.1 Å². The first-order chi connectivity index (χ1) is 7.00. The van der Waals surface area contributed by atoms with Gasteiger partial charge in [-0.1, -0.05) is 12.6 Å². The molecule has 0 bridgehead atoms. The van der Waals surface area contributed by atoms with Crippen molar-refractivity contribution < 1.29 is 9.18 Å². The maximum Gasteiger partial charge on any atom is 0.246 e. The van der Waals surface area contributed by atoms with E-state index in [-0.39, 0.29) is 11.7 Å². The van der Waals surface area contributed by atoms with Crippen molar-refractivity contribution in [3.05, 3.63) is 47.3 Å². The number of halogens is 1. The SMILES string of the molecule is C=C(C)C(=O)NCc1ccc(F)cc1C. The minimum atomic E-state index is -0.262. The van der Waals surface area contributed by atoms with Gasteiger partial charge in [0.1, 0.15) is 5.82 Å². The lowest BCUT2D eigenvalue weighted by atomic mass is 10.1. The molecule has 1 amide bonds. The molecule has 0 atom stereocenters. The lowest BCUT2D eigenvalue weighted by molar-refractivity contribution is -0.117. The van der Waals surface area contributed by atoms with Crippen molar-refractivity contribution in [2.75, 3.05) is 0 Å². The Morgan fingerprint density at radius 3 is 2.73 bits per heavy atom. The zero-order chi connectivity index (χ0) is 11.4. The van der Waals surface area contributed by atoms with Gasteiger partial charge >= 0.3 is 0 Å². The summed E-state index contributed by atoms with van der Waals surface area (Å²) in [6.45, 7) is 7.39. The molecule has 1 aromatic rings. The monoisotopic (exact) mass is 207 g/mol. The lowest BCUT2D eigenvalue weighted by Crippen LogP contribution is -2.23. The van der Waals surface area contributed by atoms with E-state index in [1.807, 2.05) is 6.92 Å². The standard InChI is InChI=1S/C12H14FNO/c1-8(2)12(15)14-7-10-4-5-11(13)6-9(10)3/h4-6H,1,7H2,2-3H3,(H,14,15). The molecule has 2 nitrogen and oxygen atoms in total. The van der Waals surface area contributed by atoms with E-state index >= 15 is 0 Å². The number of hydrogen-bond donors (Lipinski definition) is 1. The molecule has 0 aromatic heterocycles. The van der Waals surface area contributed by atoms with Crippen LogP contribution in [0, 0.1) is 12.7 Å². The topological polar surface area (TPSA) is 29.1 Å². The second-order valence-corrected chi connectivity index (χ2v) is 3.53. The highest BCUT2D eigenvalue weighted by Gasteiger charge is 2.03. The van der Waals surface area contributed by atoms with Gasteiger partial charge in [-0.2, -0.15) is 0 Å². The highest BCUT2D eigenvalue weighted by molar-refractivity contribution is 5.92. The third-order valence-corrected chi connectivity index (χ3v) is 2.13. The van der Waals surface area contributed by atoms with Gasteiger partial charge in [0, 0.05) is 12.1 Å². The molecule has 0 saturated carbocycles. The number of hydrogen-bond acceptors (Lipinski definition) is 1. The highest BCUT2D eigenvalue weighted by atomic mass is 19.1. The third-order valence-electron chi connectivity index (χ3n) is 2.13. The average Bonchev–Trinajstić information content (AvgIpc) is 2.15. The molecule has 0 unspecified atom stereocenters. The summed E-state index contributed by atoms with van der Waals surface area (Å²) in [7, 11) is 0. The minimum absolute atomic E-state index is 0.182. The van der Waals surface area contributed by atoms with Gasteiger partial charge in [0.05, 0.1) is 0 Å². The Morgan fingerprint density at radius 2 is 2.20 bits per heavy atom. The van der Waals surface area contributed by atoms with Crippen molar-refractivity contribution in [2.24, 2.45) is 0 Å². The molecule has 0 saturated heterocycles. The summed E-state index contributed by atoms with van der Waals surface area (Å²) in [6.07, 6.45) is 0. The number of benzene rings is 1. The zero-order valence-corrected chi connectivity index (χ0v) is 8.93. The van der Waals surface area contributed by atoms with E-state index in [1.54, 1.807) is 13.0 Å². The number of amides is 1. The molecular formula is C12H14FNO. The van der Waals surface area contributed by atoms with Crippen LogP contribution in [0.5, 0.6) is 0 Å². The van der Waals surface area contributed by atoms with Gasteiger partial charge in [-0.05, 0) is 37.1 Å². The third kappa shape index (κ3) is 3.20. The van der Waals surface area contributed by atoms with E-state index in [0.717, 1.165) is 11.1 Å². The Bertz CT molecular complexity index is 399. The summed E-state index contributed by atoms with van der Waals surface area (Å²) < 4.78 is 12.8. The maximum atomic E-state index is 12.8. The van der Waals surface area contributed by atoms with Crippen LogP contribution in [0.3, 0.4) is 0 Å². The van der Waals surface area contributed by atoms with E-state index in [0.29, 0.717) is 12.1 Å². The first-order valence-corrected chi connectivity index (χ1v) is 4.69. The van der Waals surface area contributed by atoms with Crippen LogP contribution in [0.15, 0.2) is 30.4 Å². The van der Waals surface area contributed by atoms with Gasteiger partial charge in [-0.3, -0.25) is 4.79 Å². The minimum Gasteiger partial charge on any atom is -0.348 e. The van der Waals surface area contributed by atoms with E-state index in [9.17, 15) is 9.18 Å². The number of aryl methyl sites for hydroxylation is 1. The maximum absolute atomic E-state index is 12.8. The number of carbonyl (C=O) groups excluding carboxylic acids is 1. The predicted octanol–water partition coefficient (Wildman–Crippen LogP) is 2.33. The van der Waals surface area contributed by atoms with Gasteiger partial charge in [0.15, 0.2) is 0 Å². The highest BCUT2D eigenvalue weighted by Crippen LogP contribution is 2.09. The van der Waals surface area contributed by atoms with Crippen LogP contribution < -0.4 is 5.32 Å². The van der Waals surface area contributed by atoms with Gasteiger partial charge in [0.2, 0.25) is 5.91 Å². The van der Waals surface area contributed by atoms with Crippen molar-refractivity contribution in [2.45, 2.75) is 20.4 Å². The molecule has 3 heteroatoms. The van der Waals surface area contributed by atoms with E-state index in [4.69, 9.17) is 0 Å². The molecule has 0 heterocycles. The van der Waals surface area contributed by atoms with Crippen molar-refractivity contribution in [3.63, 3.8) is 0 Å². The van der Waals surface area contributed by atoms with Gasteiger partial charge in [-0.15, -0.1) is 0 Å². The van der Waals surface area contributed by atoms with Crippen LogP contribution in [-0.2, 0) is 11.3 Å². The number of rotatable bonds is 3. The normalized spacial score (nSPS) is 9.80. The molecular weight excluding hydrogens is 193 g/mol. The fourth-order valence-electron chi connectivity index (χ4n) is 1.18. The molecule has 1 aromatic carbocycles. The Balaban J connectivity index is 2.66. The van der Waals surface area contributed by atoms with Gasteiger partial charge < -0.3 is 5.32 Å². The first kappa shape index (κ1) is 11.4. The fraction of sp³-hybridized carbons (Fsp3) is 0.250. The molecule has 0 aliphatic heterocycles. The zero-order valence-electron chi connectivity index (χ0n) is 8.93. The van der Waals surface area contributed by atoms with Crippen LogP contribution in [0.2, 0.25) is 0 Å². The molecule has 0 aliphatic rings. The molecule has 0 radical (unpaired) electrons. The van der Waals surface area contributed by atoms with Gasteiger partial charge in [-0.25, -0.2) is 4.39 Å². The Hall–Kier alpha value is -1.64. The second kappa shape index (κ2) is 4.73. The van der Waals surface area contributed by atoms with Crippen LogP contribution >= 0.6 is 0 Å². The van der Waals surface area contributed by atoms with Crippen molar-refractivity contribution in [1.29, 1.82) is 0 Å². The Morgan fingerprint density at radius 1 is 1.53 bits per heavy atom. The quantitative estimate of drug-likeness (QED) is 0.757. The fourth-order valence-corrected chi connectivity index (χ4v) is 1.18. The van der Waals surface area contributed by atoms with E-state index < -0.39 is 0 Å². The lowest BCUT2D eigenvalue weighted by Gasteiger charge is -2.07.